The minimum absolute atomic E-state index is 0.156. The molecule has 25 heavy (non-hydrogen) atoms. The van der Waals surface area contributed by atoms with Crippen molar-refractivity contribution in [3.63, 3.8) is 0 Å². The molecule has 1 unspecified atom stereocenters. The Labute approximate surface area is 153 Å². The van der Waals surface area contributed by atoms with E-state index in [1.165, 1.54) is 7.11 Å². The van der Waals surface area contributed by atoms with Crippen LogP contribution in [0.1, 0.15) is 13.3 Å². The Morgan fingerprint density at radius 1 is 1.48 bits per heavy atom. The van der Waals surface area contributed by atoms with Crippen LogP contribution in [-0.4, -0.2) is 28.5 Å². The summed E-state index contributed by atoms with van der Waals surface area (Å²) in [5.41, 5.74) is 1.48. The van der Waals surface area contributed by atoms with Gasteiger partial charge in [-0.3, -0.25) is 4.79 Å². The van der Waals surface area contributed by atoms with Gasteiger partial charge in [0.25, 0.3) is 0 Å². The van der Waals surface area contributed by atoms with Crippen LogP contribution in [0.3, 0.4) is 0 Å². The smallest absolute Gasteiger partial charge is 0.337 e. The summed E-state index contributed by atoms with van der Waals surface area (Å²) in [6.45, 7) is 2.88. The Balaban J connectivity index is 1.74. The third-order valence-corrected chi connectivity index (χ3v) is 4.80. The number of amides is 1. The average Bonchev–Trinajstić information content (AvgIpc) is 2.96. The van der Waals surface area contributed by atoms with Gasteiger partial charge in [0.15, 0.2) is 0 Å². The zero-order valence-electron chi connectivity index (χ0n) is 14.0. The minimum Gasteiger partial charge on any atom is -0.465 e. The van der Waals surface area contributed by atoms with Crippen LogP contribution in [0.4, 0.5) is 5.82 Å². The second kappa shape index (κ2) is 7.23. The van der Waals surface area contributed by atoms with E-state index in [4.69, 9.17) is 0 Å². The van der Waals surface area contributed by atoms with Gasteiger partial charge in [-0.25, -0.2) is 9.78 Å². The molecule has 0 radical (unpaired) electrons. The quantitative estimate of drug-likeness (QED) is 0.793. The van der Waals surface area contributed by atoms with E-state index in [1.54, 1.807) is 24.4 Å². The first-order valence-corrected chi connectivity index (χ1v) is 8.74. The van der Waals surface area contributed by atoms with Crippen molar-refractivity contribution in [1.82, 2.24) is 9.55 Å². The fraction of sp³-hybridized carbons (Fsp3) is 0.278. The molecule has 2 aromatic rings. The van der Waals surface area contributed by atoms with Crippen molar-refractivity contribution in [2.45, 2.75) is 19.9 Å². The van der Waals surface area contributed by atoms with Crippen LogP contribution in [0.25, 0.3) is 10.9 Å². The number of nitrogens with one attached hydrogen (secondary N) is 1. The number of anilines is 1. The molecule has 0 saturated carbocycles. The number of hydrogen-bond donors (Lipinski definition) is 1. The molecule has 0 aliphatic heterocycles. The molecule has 0 bridgehead atoms. The maximum atomic E-state index is 12.4. The van der Waals surface area contributed by atoms with E-state index in [0.717, 1.165) is 21.9 Å². The van der Waals surface area contributed by atoms with Gasteiger partial charge in [0.1, 0.15) is 5.82 Å². The first-order chi connectivity index (χ1) is 12.0. The Kier molecular flexibility index (Phi) is 5.03. The Hall–Kier alpha value is -2.41. The molecule has 1 amide bonds. The van der Waals surface area contributed by atoms with Crippen LogP contribution in [0.2, 0.25) is 0 Å². The van der Waals surface area contributed by atoms with E-state index in [9.17, 15) is 9.59 Å². The van der Waals surface area contributed by atoms with Crippen molar-refractivity contribution in [2.24, 2.45) is 5.92 Å². The van der Waals surface area contributed by atoms with Gasteiger partial charge in [0.2, 0.25) is 5.91 Å². The number of fused-ring (bicyclic) bond motifs is 1. The van der Waals surface area contributed by atoms with Crippen LogP contribution in [0, 0.1) is 5.92 Å². The van der Waals surface area contributed by atoms with Crippen LogP contribution >= 0.6 is 15.9 Å². The number of halogens is 1. The van der Waals surface area contributed by atoms with Crippen molar-refractivity contribution in [1.29, 1.82) is 0 Å². The van der Waals surface area contributed by atoms with Crippen molar-refractivity contribution < 1.29 is 14.3 Å². The summed E-state index contributed by atoms with van der Waals surface area (Å²) in [7, 11) is 1.34. The number of rotatable bonds is 4. The minimum atomic E-state index is -0.395. The summed E-state index contributed by atoms with van der Waals surface area (Å²) < 4.78 is 7.73. The largest absolute Gasteiger partial charge is 0.465 e. The number of nitrogens with zero attached hydrogens (tertiary/aromatic N) is 2. The van der Waals surface area contributed by atoms with Gasteiger partial charge >= 0.3 is 5.97 Å². The maximum Gasteiger partial charge on any atom is 0.337 e. The highest BCUT2D eigenvalue weighted by Crippen LogP contribution is 2.27. The van der Waals surface area contributed by atoms with Crippen LogP contribution in [0.15, 0.2) is 46.7 Å². The Morgan fingerprint density at radius 2 is 2.28 bits per heavy atom. The summed E-state index contributed by atoms with van der Waals surface area (Å²) in [5.74, 6) is -0.380. The number of allylic oxidation sites excluding steroid dienone is 1. The second-order valence-corrected chi connectivity index (χ2v) is 6.55. The number of carbonyl (C=O) groups excluding carboxylic acids is 2. The van der Waals surface area contributed by atoms with Gasteiger partial charge < -0.3 is 14.6 Å². The molecule has 0 spiro atoms. The van der Waals surface area contributed by atoms with Gasteiger partial charge in [0.05, 0.1) is 24.1 Å². The van der Waals surface area contributed by atoms with Crippen molar-refractivity contribution in [3.05, 3.63) is 46.7 Å². The van der Waals surface area contributed by atoms with E-state index in [-0.39, 0.29) is 11.8 Å². The Bertz CT molecular complexity index is 898. The number of pyridine rings is 1. The zero-order chi connectivity index (χ0) is 18.0. The predicted molar refractivity (Wildman–Crippen MR) is 99.1 cm³/mol. The highest BCUT2D eigenvalue weighted by atomic mass is 79.9. The van der Waals surface area contributed by atoms with Crippen molar-refractivity contribution in [2.75, 3.05) is 12.4 Å². The molecular weight excluding hydrogens is 386 g/mol. The lowest BCUT2D eigenvalue weighted by Gasteiger charge is -2.15. The lowest BCUT2D eigenvalue weighted by atomic mass is 9.96. The Morgan fingerprint density at radius 3 is 2.92 bits per heavy atom. The molecule has 2 aromatic heterocycles. The van der Waals surface area contributed by atoms with E-state index < -0.39 is 5.97 Å². The predicted octanol–water partition coefficient (Wildman–Crippen LogP) is 3.43. The summed E-state index contributed by atoms with van der Waals surface area (Å²) in [4.78, 5) is 28.2. The number of carbonyl (C=O) groups is 2. The topological polar surface area (TPSA) is 73.2 Å². The number of hydrogen-bond acceptors (Lipinski definition) is 4. The highest BCUT2D eigenvalue weighted by Gasteiger charge is 2.20. The fourth-order valence-corrected chi connectivity index (χ4v) is 3.33. The van der Waals surface area contributed by atoms with Gasteiger partial charge in [0, 0.05) is 34.9 Å². The molecule has 6 nitrogen and oxygen atoms in total. The van der Waals surface area contributed by atoms with Gasteiger partial charge in [-0.15, -0.1) is 0 Å². The standard InChI is InChI=1S/C18H18BrN3O3/c1-3-22-10-14(19)13-9-20-16(8-15(13)22)21-17(23)11-4-6-12(7-5-11)18(24)25-2/h4,6-11H,3,5H2,1-2H3,(H,20,21,23). The maximum absolute atomic E-state index is 12.4. The molecule has 1 aliphatic carbocycles. The van der Waals surface area contributed by atoms with Crippen LogP contribution in [0.5, 0.6) is 0 Å². The van der Waals surface area contributed by atoms with E-state index in [2.05, 4.69) is 42.5 Å². The van der Waals surface area contributed by atoms with Gasteiger partial charge in [-0.05, 0) is 29.3 Å². The summed E-state index contributed by atoms with van der Waals surface area (Å²) in [5, 5.41) is 3.85. The van der Waals surface area contributed by atoms with Crippen molar-refractivity contribution in [3.8, 4) is 0 Å². The zero-order valence-corrected chi connectivity index (χ0v) is 15.5. The number of esters is 1. The second-order valence-electron chi connectivity index (χ2n) is 5.69. The third-order valence-electron chi connectivity index (χ3n) is 4.17. The molecule has 1 aliphatic rings. The number of ether oxygens (including phenoxy) is 1. The van der Waals surface area contributed by atoms with Gasteiger partial charge in [-0.2, -0.15) is 0 Å². The summed E-state index contributed by atoms with van der Waals surface area (Å²) in [6.07, 6.45) is 9.24. The normalized spacial score (nSPS) is 16.6. The molecule has 1 atom stereocenters. The molecule has 1 N–H and O–H groups in total. The van der Waals surface area contributed by atoms with Gasteiger partial charge in [-0.1, -0.05) is 18.2 Å². The molecular formula is C18H18BrN3O3. The van der Waals surface area contributed by atoms with Crippen LogP contribution in [-0.2, 0) is 20.9 Å². The fourth-order valence-electron chi connectivity index (χ4n) is 2.78. The molecule has 2 heterocycles. The van der Waals surface area contributed by atoms with E-state index in [0.29, 0.717) is 17.8 Å². The molecule has 0 aromatic carbocycles. The third kappa shape index (κ3) is 3.51. The first kappa shape index (κ1) is 17.4. The number of methoxy groups -OCH3 is 1. The summed E-state index contributed by atoms with van der Waals surface area (Å²) >= 11 is 3.52. The highest BCUT2D eigenvalue weighted by molar-refractivity contribution is 9.10. The molecule has 0 fully saturated rings. The molecule has 0 saturated heterocycles. The molecule has 3 rings (SSSR count). The first-order valence-electron chi connectivity index (χ1n) is 7.95. The lowest BCUT2D eigenvalue weighted by Crippen LogP contribution is -2.23. The van der Waals surface area contributed by atoms with E-state index >= 15 is 0 Å². The average molecular weight is 404 g/mol. The van der Waals surface area contributed by atoms with E-state index in [1.807, 2.05) is 12.3 Å². The van der Waals surface area contributed by atoms with Crippen molar-refractivity contribution >= 4 is 44.5 Å². The number of aryl methyl sites for hydroxylation is 1. The lowest BCUT2D eigenvalue weighted by molar-refractivity contribution is -0.135. The van der Waals surface area contributed by atoms with Crippen LogP contribution < -0.4 is 5.32 Å². The SMILES string of the molecule is CCn1cc(Br)c2cnc(NC(=O)C3C=CC(C(=O)OC)=CC3)cc21. The summed E-state index contributed by atoms with van der Waals surface area (Å²) in [6, 6.07) is 1.86. The molecule has 130 valence electrons. The molecule has 7 heteroatoms. The monoisotopic (exact) mass is 403 g/mol. The number of aromatic nitrogens is 2.